The maximum Gasteiger partial charge on any atom is 0.0242 e. The van der Waals surface area contributed by atoms with E-state index in [-0.39, 0.29) is 0 Å². The molecule has 4 saturated carbocycles. The van der Waals surface area contributed by atoms with Gasteiger partial charge in [-0.25, -0.2) is 0 Å². The molecule has 13 heavy (non-hydrogen) atoms. The highest BCUT2D eigenvalue weighted by Gasteiger charge is 2.59. The van der Waals surface area contributed by atoms with Gasteiger partial charge >= 0.3 is 0 Å². The zero-order valence-corrected chi connectivity index (χ0v) is 12.4. The fraction of sp³-hybridized carbons (Fsp3) is 1.00. The zero-order chi connectivity index (χ0) is 9.32. The molecule has 4 fully saturated rings. The third kappa shape index (κ3) is 1.49. The van der Waals surface area contributed by atoms with E-state index in [2.05, 4.69) is 52.1 Å². The Kier molecular flexibility index (Phi) is 1.92. The molecule has 0 aromatic heterocycles. The number of hydrogen-bond acceptors (Lipinski definition) is 0. The standard InChI is InChI=1S/C11H16I2/c1-9-2-8-3-10(12,5-9)7-11(13,4-8)6-9/h8H,2-7H2,1H3. The normalized spacial score (nSPS) is 64.4. The summed E-state index contributed by atoms with van der Waals surface area (Å²) in [5, 5.41) is 0. The van der Waals surface area contributed by atoms with Crippen LogP contribution in [-0.2, 0) is 0 Å². The Morgan fingerprint density at radius 2 is 1.46 bits per heavy atom. The molecule has 0 nitrogen and oxygen atoms in total. The fourth-order valence-corrected chi connectivity index (χ4v) is 9.94. The van der Waals surface area contributed by atoms with Crippen LogP contribution in [0.1, 0.15) is 45.4 Å². The van der Waals surface area contributed by atoms with Gasteiger partial charge in [0.25, 0.3) is 0 Å². The molecule has 4 rings (SSSR count). The first-order valence-electron chi connectivity index (χ1n) is 5.28. The minimum absolute atomic E-state index is 0.688. The van der Waals surface area contributed by atoms with E-state index < -0.39 is 0 Å². The van der Waals surface area contributed by atoms with E-state index in [1.807, 2.05) is 0 Å². The topological polar surface area (TPSA) is 0 Å². The molecule has 0 spiro atoms. The quantitative estimate of drug-likeness (QED) is 0.418. The lowest BCUT2D eigenvalue weighted by molar-refractivity contribution is 0.00364. The van der Waals surface area contributed by atoms with Crippen molar-refractivity contribution in [2.45, 2.75) is 52.3 Å². The minimum atomic E-state index is 0.688. The van der Waals surface area contributed by atoms with Crippen molar-refractivity contribution in [3.63, 3.8) is 0 Å². The Balaban J connectivity index is 2.03. The second-order valence-corrected chi connectivity index (χ2v) is 10.7. The van der Waals surface area contributed by atoms with Gasteiger partial charge in [-0.1, -0.05) is 52.1 Å². The molecule has 0 aromatic carbocycles. The van der Waals surface area contributed by atoms with Gasteiger partial charge in [0, 0.05) is 6.84 Å². The van der Waals surface area contributed by atoms with Gasteiger partial charge in [0.15, 0.2) is 0 Å². The highest BCUT2D eigenvalue weighted by molar-refractivity contribution is 14.1. The zero-order valence-electron chi connectivity index (χ0n) is 8.08. The average Bonchev–Trinajstić information content (AvgIpc) is 1.71. The molecule has 2 atom stereocenters. The lowest BCUT2D eigenvalue weighted by Crippen LogP contribution is -2.57. The van der Waals surface area contributed by atoms with Gasteiger partial charge in [0.1, 0.15) is 0 Å². The summed E-state index contributed by atoms with van der Waals surface area (Å²) in [6, 6.07) is 0. The van der Waals surface area contributed by atoms with Crippen LogP contribution in [0, 0.1) is 11.3 Å². The van der Waals surface area contributed by atoms with E-state index in [1.165, 1.54) is 38.5 Å². The van der Waals surface area contributed by atoms with Crippen molar-refractivity contribution in [3.8, 4) is 0 Å². The van der Waals surface area contributed by atoms with Crippen LogP contribution in [0.5, 0.6) is 0 Å². The van der Waals surface area contributed by atoms with Crippen LogP contribution in [0.15, 0.2) is 0 Å². The Morgan fingerprint density at radius 3 is 1.85 bits per heavy atom. The lowest BCUT2D eigenvalue weighted by atomic mass is 9.50. The molecule has 0 aromatic rings. The van der Waals surface area contributed by atoms with Crippen molar-refractivity contribution in [1.82, 2.24) is 0 Å². The van der Waals surface area contributed by atoms with Crippen molar-refractivity contribution in [2.24, 2.45) is 11.3 Å². The van der Waals surface area contributed by atoms with Crippen LogP contribution in [0.25, 0.3) is 0 Å². The third-order valence-corrected chi connectivity index (χ3v) is 6.62. The van der Waals surface area contributed by atoms with Gasteiger partial charge in [-0.05, 0) is 49.9 Å². The Morgan fingerprint density at radius 1 is 0.923 bits per heavy atom. The molecule has 4 aliphatic carbocycles. The maximum atomic E-state index is 2.78. The van der Waals surface area contributed by atoms with Crippen molar-refractivity contribution in [3.05, 3.63) is 0 Å². The molecule has 2 heteroatoms. The first-order valence-corrected chi connectivity index (χ1v) is 7.44. The van der Waals surface area contributed by atoms with E-state index in [4.69, 9.17) is 0 Å². The second kappa shape index (κ2) is 2.58. The molecule has 0 N–H and O–H groups in total. The van der Waals surface area contributed by atoms with E-state index >= 15 is 0 Å². The summed E-state index contributed by atoms with van der Waals surface area (Å²) in [6.07, 6.45) is 9.07. The summed E-state index contributed by atoms with van der Waals surface area (Å²) < 4.78 is 1.38. The van der Waals surface area contributed by atoms with Gasteiger partial charge in [-0.2, -0.15) is 0 Å². The molecule has 0 aliphatic heterocycles. The molecule has 2 unspecified atom stereocenters. The predicted octanol–water partition coefficient (Wildman–Crippen LogP) is 4.34. The highest BCUT2D eigenvalue weighted by atomic mass is 127. The minimum Gasteiger partial charge on any atom is -0.0788 e. The average molecular weight is 402 g/mol. The molecule has 0 saturated heterocycles. The summed E-state index contributed by atoms with van der Waals surface area (Å²) in [7, 11) is 0. The Hall–Kier alpha value is 1.46. The molecular formula is C11H16I2. The fourth-order valence-electron chi connectivity index (χ4n) is 4.67. The van der Waals surface area contributed by atoms with Gasteiger partial charge < -0.3 is 0 Å². The van der Waals surface area contributed by atoms with E-state index in [9.17, 15) is 0 Å². The number of hydrogen-bond donors (Lipinski definition) is 0. The number of alkyl halides is 2. The van der Waals surface area contributed by atoms with E-state index in [0.717, 1.165) is 5.92 Å². The third-order valence-electron chi connectivity index (χ3n) is 4.21. The van der Waals surface area contributed by atoms with Gasteiger partial charge in [0.05, 0.1) is 0 Å². The van der Waals surface area contributed by atoms with Gasteiger partial charge in [0.2, 0.25) is 0 Å². The maximum absolute atomic E-state index is 2.78. The first kappa shape index (κ1) is 9.67. The van der Waals surface area contributed by atoms with Crippen LogP contribution >= 0.6 is 45.2 Å². The molecule has 0 amide bonds. The van der Waals surface area contributed by atoms with Crippen molar-refractivity contribution >= 4 is 45.2 Å². The monoisotopic (exact) mass is 402 g/mol. The van der Waals surface area contributed by atoms with Crippen molar-refractivity contribution in [1.29, 1.82) is 0 Å². The van der Waals surface area contributed by atoms with E-state index in [1.54, 1.807) is 0 Å². The molecule has 4 bridgehead atoms. The van der Waals surface area contributed by atoms with Crippen molar-refractivity contribution < 1.29 is 0 Å². The van der Waals surface area contributed by atoms with Crippen LogP contribution < -0.4 is 0 Å². The molecule has 0 heterocycles. The largest absolute Gasteiger partial charge is 0.0788 e. The summed E-state index contributed by atoms with van der Waals surface area (Å²) in [4.78, 5) is 0. The number of halogens is 2. The van der Waals surface area contributed by atoms with Gasteiger partial charge in [-0.3, -0.25) is 0 Å². The lowest BCUT2D eigenvalue weighted by Gasteiger charge is -2.62. The number of rotatable bonds is 0. The molecule has 4 aliphatic rings. The molecular weight excluding hydrogens is 386 g/mol. The molecule has 0 radical (unpaired) electrons. The summed E-state index contributed by atoms with van der Waals surface area (Å²) in [5.41, 5.74) is 0.710. The van der Waals surface area contributed by atoms with Crippen LogP contribution in [0.2, 0.25) is 0 Å². The Bertz CT molecular complexity index is 210. The summed E-state index contributed by atoms with van der Waals surface area (Å²) in [6.45, 7) is 2.54. The van der Waals surface area contributed by atoms with E-state index in [0.29, 0.717) is 12.3 Å². The molecule has 74 valence electrons. The summed E-state index contributed by atoms with van der Waals surface area (Å²) in [5.74, 6) is 1.06. The second-order valence-electron chi connectivity index (χ2n) is 6.12. The highest BCUT2D eigenvalue weighted by Crippen LogP contribution is 2.68. The van der Waals surface area contributed by atoms with Crippen molar-refractivity contribution in [2.75, 3.05) is 0 Å². The van der Waals surface area contributed by atoms with Gasteiger partial charge in [-0.15, -0.1) is 0 Å². The Labute approximate surface area is 108 Å². The van der Waals surface area contributed by atoms with Crippen LogP contribution in [0.3, 0.4) is 0 Å². The smallest absolute Gasteiger partial charge is 0.0242 e. The van der Waals surface area contributed by atoms with Crippen LogP contribution in [-0.4, -0.2) is 6.84 Å². The first-order chi connectivity index (χ1) is 5.91. The summed E-state index contributed by atoms with van der Waals surface area (Å²) >= 11 is 5.56. The predicted molar refractivity (Wildman–Crippen MR) is 72.8 cm³/mol. The SMILES string of the molecule is CC12CC3CC(I)(C1)CC(I)(C3)C2. The van der Waals surface area contributed by atoms with Crippen LogP contribution in [0.4, 0.5) is 0 Å².